The number of nitrogens with zero attached hydrogens (tertiary/aromatic N) is 2. The molecule has 0 amide bonds. The number of halogens is 1. The number of hydrogen-bond acceptors (Lipinski definition) is 6. The SMILES string of the molecule is CCNCc1ccnc(N2CCSCC2S(C)(=O)=O)c1F. The average molecular weight is 333 g/mol. The third kappa shape index (κ3) is 3.87. The Balaban J connectivity index is 2.35. The van der Waals surface area contributed by atoms with Crippen LogP contribution in [-0.2, 0) is 16.4 Å². The van der Waals surface area contributed by atoms with Gasteiger partial charge in [-0.1, -0.05) is 6.92 Å². The van der Waals surface area contributed by atoms with Gasteiger partial charge in [0.2, 0.25) is 0 Å². The molecule has 21 heavy (non-hydrogen) atoms. The van der Waals surface area contributed by atoms with Crippen molar-refractivity contribution in [2.24, 2.45) is 0 Å². The first kappa shape index (κ1) is 16.5. The monoisotopic (exact) mass is 333 g/mol. The van der Waals surface area contributed by atoms with Gasteiger partial charge in [-0.05, 0) is 12.6 Å². The average Bonchev–Trinajstić information content (AvgIpc) is 2.45. The molecule has 118 valence electrons. The van der Waals surface area contributed by atoms with Gasteiger partial charge in [0, 0.05) is 42.6 Å². The Labute approximate surface area is 129 Å². The summed E-state index contributed by atoms with van der Waals surface area (Å²) >= 11 is 1.57. The van der Waals surface area contributed by atoms with Crippen molar-refractivity contribution in [2.75, 3.05) is 35.8 Å². The van der Waals surface area contributed by atoms with E-state index >= 15 is 0 Å². The van der Waals surface area contributed by atoms with Gasteiger partial charge < -0.3 is 10.2 Å². The van der Waals surface area contributed by atoms with Crippen LogP contribution in [0.4, 0.5) is 10.2 Å². The minimum Gasteiger partial charge on any atom is -0.336 e. The predicted molar refractivity (Wildman–Crippen MR) is 84.9 cm³/mol. The number of rotatable bonds is 5. The molecule has 0 radical (unpaired) electrons. The normalized spacial score (nSPS) is 19.8. The number of pyridine rings is 1. The first-order chi connectivity index (χ1) is 9.95. The zero-order valence-corrected chi connectivity index (χ0v) is 13.8. The lowest BCUT2D eigenvalue weighted by Crippen LogP contribution is -2.47. The van der Waals surface area contributed by atoms with Crippen LogP contribution < -0.4 is 10.2 Å². The predicted octanol–water partition coefficient (Wildman–Crippen LogP) is 1.25. The quantitative estimate of drug-likeness (QED) is 0.875. The minimum absolute atomic E-state index is 0.140. The van der Waals surface area contributed by atoms with Crippen LogP contribution in [-0.4, -0.2) is 49.6 Å². The molecule has 1 atom stereocenters. The summed E-state index contributed by atoms with van der Waals surface area (Å²) in [7, 11) is -3.29. The third-order valence-corrected chi connectivity index (χ3v) is 6.01. The topological polar surface area (TPSA) is 62.3 Å². The maximum absolute atomic E-state index is 14.6. The van der Waals surface area contributed by atoms with Crippen LogP contribution >= 0.6 is 11.8 Å². The van der Waals surface area contributed by atoms with Crippen LogP contribution in [0.5, 0.6) is 0 Å². The lowest BCUT2D eigenvalue weighted by atomic mass is 10.2. The van der Waals surface area contributed by atoms with Gasteiger partial charge in [-0.25, -0.2) is 17.8 Å². The van der Waals surface area contributed by atoms with Crippen molar-refractivity contribution < 1.29 is 12.8 Å². The van der Waals surface area contributed by atoms with Crippen LogP contribution in [0, 0.1) is 5.82 Å². The molecule has 2 heterocycles. The van der Waals surface area contributed by atoms with Crippen LogP contribution in [0.2, 0.25) is 0 Å². The molecular weight excluding hydrogens is 313 g/mol. The van der Waals surface area contributed by atoms with E-state index in [1.54, 1.807) is 22.7 Å². The fourth-order valence-corrected chi connectivity index (χ4v) is 5.06. The first-order valence-electron chi connectivity index (χ1n) is 6.82. The van der Waals surface area contributed by atoms with E-state index in [0.29, 0.717) is 24.4 Å². The number of hydrogen-bond donors (Lipinski definition) is 1. The van der Waals surface area contributed by atoms with Crippen molar-refractivity contribution in [1.29, 1.82) is 0 Å². The summed E-state index contributed by atoms with van der Waals surface area (Å²) in [6, 6.07) is 1.62. The maximum Gasteiger partial charge on any atom is 0.170 e. The fourth-order valence-electron chi connectivity index (χ4n) is 2.25. The molecule has 1 saturated heterocycles. The summed E-state index contributed by atoms with van der Waals surface area (Å²) in [5.74, 6) is 0.919. The second-order valence-corrected chi connectivity index (χ2v) is 8.29. The summed E-state index contributed by atoms with van der Waals surface area (Å²) in [6.07, 6.45) is 2.73. The zero-order chi connectivity index (χ0) is 15.5. The Morgan fingerprint density at radius 2 is 2.33 bits per heavy atom. The van der Waals surface area contributed by atoms with Crippen LogP contribution in [0.15, 0.2) is 12.3 Å². The minimum atomic E-state index is -3.29. The lowest BCUT2D eigenvalue weighted by Gasteiger charge is -2.35. The lowest BCUT2D eigenvalue weighted by molar-refractivity contribution is 0.565. The van der Waals surface area contributed by atoms with Crippen molar-refractivity contribution in [1.82, 2.24) is 10.3 Å². The molecule has 1 aliphatic rings. The highest BCUT2D eigenvalue weighted by atomic mass is 32.2. The maximum atomic E-state index is 14.6. The molecule has 1 aromatic rings. The van der Waals surface area contributed by atoms with E-state index in [0.717, 1.165) is 12.3 Å². The van der Waals surface area contributed by atoms with E-state index < -0.39 is 21.0 Å². The highest BCUT2D eigenvalue weighted by molar-refractivity contribution is 8.01. The molecule has 8 heteroatoms. The van der Waals surface area contributed by atoms with Crippen molar-refractivity contribution in [3.05, 3.63) is 23.6 Å². The Bertz CT molecular complexity index is 595. The number of anilines is 1. The van der Waals surface area contributed by atoms with Crippen LogP contribution in [0.1, 0.15) is 12.5 Å². The molecule has 0 saturated carbocycles. The number of sulfone groups is 1. The van der Waals surface area contributed by atoms with Gasteiger partial charge >= 0.3 is 0 Å². The Morgan fingerprint density at radius 3 is 3.00 bits per heavy atom. The Morgan fingerprint density at radius 1 is 1.57 bits per heavy atom. The van der Waals surface area contributed by atoms with Gasteiger partial charge in [0.15, 0.2) is 21.5 Å². The number of nitrogens with one attached hydrogen (secondary N) is 1. The molecule has 1 unspecified atom stereocenters. The Kier molecular flexibility index (Phi) is 5.45. The van der Waals surface area contributed by atoms with Gasteiger partial charge in [-0.2, -0.15) is 11.8 Å². The number of thioether (sulfide) groups is 1. The molecule has 0 bridgehead atoms. The fraction of sp³-hybridized carbons (Fsp3) is 0.615. The van der Waals surface area contributed by atoms with Gasteiger partial charge in [-0.3, -0.25) is 0 Å². The Hall–Kier alpha value is -0.860. The summed E-state index contributed by atoms with van der Waals surface area (Å²) in [5, 5.41) is 2.35. The summed E-state index contributed by atoms with van der Waals surface area (Å²) in [6.45, 7) is 3.58. The van der Waals surface area contributed by atoms with Crippen molar-refractivity contribution in [3.63, 3.8) is 0 Å². The van der Waals surface area contributed by atoms with E-state index in [4.69, 9.17) is 0 Å². The van der Waals surface area contributed by atoms with E-state index in [2.05, 4.69) is 10.3 Å². The molecule has 0 spiro atoms. The molecule has 1 aliphatic heterocycles. The van der Waals surface area contributed by atoms with Crippen molar-refractivity contribution >= 4 is 27.4 Å². The number of aromatic nitrogens is 1. The first-order valence-corrected chi connectivity index (χ1v) is 9.93. The summed E-state index contributed by atoms with van der Waals surface area (Å²) in [5.41, 5.74) is 0.507. The van der Waals surface area contributed by atoms with E-state index in [1.165, 1.54) is 12.5 Å². The zero-order valence-electron chi connectivity index (χ0n) is 12.2. The molecule has 0 aromatic carbocycles. The van der Waals surface area contributed by atoms with E-state index in [-0.39, 0.29) is 5.82 Å². The molecular formula is C13H20FN3O2S2. The second-order valence-electron chi connectivity index (χ2n) is 4.94. The largest absolute Gasteiger partial charge is 0.336 e. The molecule has 1 fully saturated rings. The molecule has 1 N–H and O–H groups in total. The van der Waals surface area contributed by atoms with Gasteiger partial charge in [-0.15, -0.1) is 0 Å². The second kappa shape index (κ2) is 6.93. The third-order valence-electron chi connectivity index (χ3n) is 3.37. The van der Waals surface area contributed by atoms with Crippen molar-refractivity contribution in [3.8, 4) is 0 Å². The van der Waals surface area contributed by atoms with Gasteiger partial charge in [0.1, 0.15) is 5.37 Å². The van der Waals surface area contributed by atoms with E-state index in [1.807, 2.05) is 6.92 Å². The summed E-state index contributed by atoms with van der Waals surface area (Å²) in [4.78, 5) is 5.66. The molecule has 0 aliphatic carbocycles. The van der Waals surface area contributed by atoms with Gasteiger partial charge in [0.05, 0.1) is 0 Å². The molecule has 5 nitrogen and oxygen atoms in total. The highest BCUT2D eigenvalue weighted by Gasteiger charge is 2.33. The van der Waals surface area contributed by atoms with Crippen LogP contribution in [0.25, 0.3) is 0 Å². The van der Waals surface area contributed by atoms with Crippen molar-refractivity contribution in [2.45, 2.75) is 18.8 Å². The smallest absolute Gasteiger partial charge is 0.170 e. The summed E-state index contributed by atoms with van der Waals surface area (Å²) < 4.78 is 38.4. The van der Waals surface area contributed by atoms with E-state index in [9.17, 15) is 12.8 Å². The highest BCUT2D eigenvalue weighted by Crippen LogP contribution is 2.28. The standard InChI is InChI=1S/C13H20FN3O2S2/c1-3-15-8-10-4-5-16-13(12(10)14)17-6-7-20-9-11(17)21(2,18)19/h4-5,11,15H,3,6-9H2,1-2H3. The molecule has 1 aromatic heterocycles. The molecule has 2 rings (SSSR count). The van der Waals surface area contributed by atoms with Gasteiger partial charge in [0.25, 0.3) is 0 Å². The van der Waals surface area contributed by atoms with Crippen LogP contribution in [0.3, 0.4) is 0 Å².